The maximum atomic E-state index is 13.4. The van der Waals surface area contributed by atoms with Crippen LogP contribution in [0.1, 0.15) is 20.8 Å². The van der Waals surface area contributed by atoms with Gasteiger partial charge in [0.1, 0.15) is 11.6 Å². The predicted octanol–water partition coefficient (Wildman–Crippen LogP) is 5.68. The Morgan fingerprint density at radius 3 is 2.50 bits per heavy atom. The molecule has 0 saturated carbocycles. The second-order valence-electron chi connectivity index (χ2n) is 5.22. The third-order valence-corrected chi connectivity index (χ3v) is 4.52. The average Bonchev–Trinajstić information content (AvgIpc) is 2.24. The van der Waals surface area contributed by atoms with Crippen molar-refractivity contribution < 1.29 is 9.13 Å². The smallest absolute Gasteiger partial charge is 0.145 e. The Hall–Kier alpha value is 0.200. The molecule has 0 saturated heterocycles. The van der Waals surface area contributed by atoms with Crippen LogP contribution in [0.25, 0.3) is 0 Å². The van der Waals surface area contributed by atoms with E-state index in [9.17, 15) is 4.39 Å². The van der Waals surface area contributed by atoms with Gasteiger partial charge >= 0.3 is 0 Å². The average molecular weight is 403 g/mol. The van der Waals surface area contributed by atoms with Gasteiger partial charge in [-0.1, -0.05) is 48.3 Å². The van der Waals surface area contributed by atoms with Crippen molar-refractivity contribution in [3.8, 4) is 5.75 Å². The van der Waals surface area contributed by atoms with Crippen LogP contribution >= 0.6 is 43.5 Å². The molecule has 1 aromatic rings. The predicted molar refractivity (Wildman–Crippen MR) is 81.3 cm³/mol. The molecule has 1 atom stereocenters. The lowest BCUT2D eigenvalue weighted by Gasteiger charge is -2.29. The summed E-state index contributed by atoms with van der Waals surface area (Å²) in [5, 5.41) is 0.923. The first-order valence-electron chi connectivity index (χ1n) is 5.59. The van der Waals surface area contributed by atoms with Gasteiger partial charge in [0, 0.05) is 17.3 Å². The van der Waals surface area contributed by atoms with Gasteiger partial charge in [-0.05, 0) is 27.4 Å². The maximum absolute atomic E-state index is 13.4. The fourth-order valence-electron chi connectivity index (χ4n) is 1.33. The van der Waals surface area contributed by atoms with Gasteiger partial charge in [-0.15, -0.1) is 0 Å². The summed E-state index contributed by atoms with van der Waals surface area (Å²) >= 11 is 12.5. The van der Waals surface area contributed by atoms with Gasteiger partial charge in [0.05, 0.1) is 16.1 Å². The Kier molecular flexibility index (Phi) is 5.94. The van der Waals surface area contributed by atoms with Crippen molar-refractivity contribution in [1.82, 2.24) is 0 Å². The molecule has 5 heteroatoms. The second kappa shape index (κ2) is 6.58. The molecule has 0 aliphatic heterocycles. The molecule has 0 spiro atoms. The van der Waals surface area contributed by atoms with Gasteiger partial charge in [-0.25, -0.2) is 4.39 Å². The zero-order valence-electron chi connectivity index (χ0n) is 10.6. The first-order chi connectivity index (χ1) is 8.25. The van der Waals surface area contributed by atoms with Crippen LogP contribution in [-0.2, 0) is 0 Å². The van der Waals surface area contributed by atoms with Crippen molar-refractivity contribution >= 4 is 43.5 Å². The second-order valence-corrected chi connectivity index (χ2v) is 7.13. The lowest BCUT2D eigenvalue weighted by atomic mass is 9.83. The van der Waals surface area contributed by atoms with Gasteiger partial charge in [-0.3, -0.25) is 0 Å². The fourth-order valence-corrected chi connectivity index (χ4v) is 3.24. The highest BCUT2D eigenvalue weighted by Gasteiger charge is 2.24. The molecule has 1 unspecified atom stereocenters. The minimum absolute atomic E-state index is 0.0853. The summed E-state index contributed by atoms with van der Waals surface area (Å²) in [7, 11) is 0. The van der Waals surface area contributed by atoms with Crippen LogP contribution in [0, 0.1) is 17.2 Å². The van der Waals surface area contributed by atoms with Gasteiger partial charge in [-0.2, -0.15) is 0 Å². The highest BCUT2D eigenvalue weighted by atomic mass is 79.9. The van der Waals surface area contributed by atoms with E-state index in [1.54, 1.807) is 0 Å². The number of rotatable bonds is 4. The number of ether oxygens (including phenoxy) is 1. The number of hydrogen-bond acceptors (Lipinski definition) is 1. The van der Waals surface area contributed by atoms with E-state index in [0.29, 0.717) is 22.7 Å². The summed E-state index contributed by atoms with van der Waals surface area (Å²) in [4.78, 5) is 0. The van der Waals surface area contributed by atoms with Crippen molar-refractivity contribution in [2.75, 3.05) is 11.9 Å². The van der Waals surface area contributed by atoms with Crippen LogP contribution in [0.15, 0.2) is 16.6 Å². The molecule has 0 aliphatic carbocycles. The van der Waals surface area contributed by atoms with E-state index in [4.69, 9.17) is 16.3 Å². The molecule has 0 N–H and O–H groups in total. The molecule has 1 rings (SSSR count). The van der Waals surface area contributed by atoms with Crippen LogP contribution in [-0.4, -0.2) is 11.9 Å². The SMILES string of the molecule is CC(C)(C)C(CBr)COc1cc(F)c(Cl)cc1Br. The lowest BCUT2D eigenvalue weighted by Crippen LogP contribution is -2.28. The summed E-state index contributed by atoms with van der Waals surface area (Å²) in [6.45, 7) is 6.98. The van der Waals surface area contributed by atoms with Crippen LogP contribution in [0.4, 0.5) is 4.39 Å². The number of benzene rings is 1. The maximum Gasteiger partial charge on any atom is 0.145 e. The first kappa shape index (κ1) is 16.3. The van der Waals surface area contributed by atoms with E-state index in [2.05, 4.69) is 52.6 Å². The van der Waals surface area contributed by atoms with Crippen LogP contribution in [0.2, 0.25) is 5.02 Å². The third kappa shape index (κ3) is 4.39. The molecular weight excluding hydrogens is 386 g/mol. The van der Waals surface area contributed by atoms with Crippen molar-refractivity contribution in [3.63, 3.8) is 0 Å². The molecule has 0 fully saturated rings. The number of halogens is 4. The Balaban J connectivity index is 2.77. The Morgan fingerprint density at radius 1 is 1.39 bits per heavy atom. The molecule has 0 amide bonds. The van der Waals surface area contributed by atoms with E-state index < -0.39 is 5.82 Å². The quantitative estimate of drug-likeness (QED) is 0.465. The zero-order valence-corrected chi connectivity index (χ0v) is 14.5. The van der Waals surface area contributed by atoms with Crippen molar-refractivity contribution in [3.05, 3.63) is 27.4 Å². The first-order valence-corrected chi connectivity index (χ1v) is 7.88. The molecule has 102 valence electrons. The summed E-state index contributed by atoms with van der Waals surface area (Å²) in [6, 6.07) is 2.81. The van der Waals surface area contributed by atoms with Crippen LogP contribution in [0.5, 0.6) is 5.75 Å². The molecule has 18 heavy (non-hydrogen) atoms. The molecule has 0 heterocycles. The minimum Gasteiger partial charge on any atom is -0.492 e. The standard InChI is InChI=1S/C13H16Br2ClFO/c1-13(2,3)8(6-14)7-18-12-5-11(17)10(16)4-9(12)15/h4-5,8H,6-7H2,1-3H3. The molecule has 0 radical (unpaired) electrons. The van der Waals surface area contributed by atoms with Crippen LogP contribution in [0.3, 0.4) is 0 Å². The largest absolute Gasteiger partial charge is 0.492 e. The molecule has 1 nitrogen and oxygen atoms in total. The normalized spacial score (nSPS) is 13.5. The van der Waals surface area contributed by atoms with Gasteiger partial charge in [0.25, 0.3) is 0 Å². The van der Waals surface area contributed by atoms with Gasteiger partial charge < -0.3 is 4.74 Å². The summed E-state index contributed by atoms with van der Waals surface area (Å²) < 4.78 is 19.7. The van der Waals surface area contributed by atoms with Gasteiger partial charge in [0.2, 0.25) is 0 Å². The Labute approximate surface area is 129 Å². The van der Waals surface area contributed by atoms with E-state index in [0.717, 1.165) is 5.33 Å². The zero-order chi connectivity index (χ0) is 13.9. The van der Waals surface area contributed by atoms with Gasteiger partial charge in [0.15, 0.2) is 0 Å². The molecular formula is C13H16Br2ClFO. The van der Waals surface area contributed by atoms with Crippen molar-refractivity contribution in [1.29, 1.82) is 0 Å². The highest BCUT2D eigenvalue weighted by Crippen LogP contribution is 2.33. The van der Waals surface area contributed by atoms with Crippen molar-refractivity contribution in [2.45, 2.75) is 20.8 Å². The number of alkyl halides is 1. The monoisotopic (exact) mass is 400 g/mol. The fraction of sp³-hybridized carbons (Fsp3) is 0.538. The Bertz CT molecular complexity index is 418. The molecule has 0 bridgehead atoms. The van der Waals surface area contributed by atoms with E-state index >= 15 is 0 Å². The molecule has 0 aliphatic rings. The topological polar surface area (TPSA) is 9.23 Å². The van der Waals surface area contributed by atoms with E-state index in [-0.39, 0.29) is 10.4 Å². The molecule has 1 aromatic carbocycles. The minimum atomic E-state index is -0.471. The lowest BCUT2D eigenvalue weighted by molar-refractivity contribution is 0.165. The summed E-state index contributed by atoms with van der Waals surface area (Å²) in [5.74, 6) is 0.344. The van der Waals surface area contributed by atoms with Crippen molar-refractivity contribution in [2.24, 2.45) is 11.3 Å². The summed E-state index contributed by atoms with van der Waals surface area (Å²) in [6.07, 6.45) is 0. The van der Waals surface area contributed by atoms with Crippen LogP contribution < -0.4 is 4.74 Å². The molecule has 0 aromatic heterocycles. The van der Waals surface area contributed by atoms with E-state index in [1.807, 2.05) is 0 Å². The third-order valence-electron chi connectivity index (χ3n) is 2.83. The Morgan fingerprint density at radius 2 is 2.00 bits per heavy atom. The highest BCUT2D eigenvalue weighted by molar-refractivity contribution is 9.10. The summed E-state index contributed by atoms with van der Waals surface area (Å²) in [5.41, 5.74) is 0.126. The number of hydrogen-bond donors (Lipinski definition) is 0. The van der Waals surface area contributed by atoms with E-state index in [1.165, 1.54) is 12.1 Å².